The van der Waals surface area contributed by atoms with Gasteiger partial charge in [0.1, 0.15) is 0 Å². The van der Waals surface area contributed by atoms with Crippen molar-refractivity contribution in [2.45, 2.75) is 18.8 Å². The third kappa shape index (κ3) is 5.16. The number of alkyl halides is 1. The zero-order chi connectivity index (χ0) is 5.86. The summed E-state index contributed by atoms with van der Waals surface area (Å²) in [5, 5.41) is 0. The van der Waals surface area contributed by atoms with Crippen molar-refractivity contribution in [3.63, 3.8) is 0 Å². The van der Waals surface area contributed by atoms with Crippen LogP contribution in [0.5, 0.6) is 0 Å². The average molecular weight is 148 g/mol. The highest BCUT2D eigenvalue weighted by Gasteiger charge is 1.99. The van der Waals surface area contributed by atoms with Crippen molar-refractivity contribution < 1.29 is 0 Å². The van der Waals surface area contributed by atoms with Crippen LogP contribution in [0.4, 0.5) is 0 Å². The molecule has 0 aliphatic carbocycles. The topological polar surface area (TPSA) is 3.24 Å². The Hall–Kier alpha value is 1.02. The molecule has 8 heavy (non-hydrogen) atoms. The Balaban J connectivity index is 0. The Labute approximate surface area is 72.5 Å². The van der Waals surface area contributed by atoms with Gasteiger partial charge in [-0.15, -0.1) is 11.6 Å². The quantitative estimate of drug-likeness (QED) is 0.315. The summed E-state index contributed by atoms with van der Waals surface area (Å²) in [6.07, 6.45) is 1.01. The Morgan fingerprint density at radius 2 is 1.88 bits per heavy atom. The lowest BCUT2D eigenvalue weighted by atomic mass is 10.4. The first-order valence-corrected chi connectivity index (χ1v) is 2.92. The molecule has 0 rings (SSSR count). The molecule has 0 spiro atoms. The van der Waals surface area contributed by atoms with Gasteiger partial charge in [-0.3, -0.25) is 4.90 Å². The van der Waals surface area contributed by atoms with E-state index < -0.39 is 0 Å². The van der Waals surface area contributed by atoms with Gasteiger partial charge >= 0.3 is 23.1 Å². The van der Waals surface area contributed by atoms with E-state index in [1.807, 2.05) is 19.0 Å². The molecule has 3 heteroatoms. The minimum absolute atomic E-state index is 0. The SMILES string of the molecule is CCC(Cl)N(C)C.[MgH2]. The van der Waals surface area contributed by atoms with Gasteiger partial charge in [0.2, 0.25) is 0 Å². The molecule has 48 valence electrons. The van der Waals surface area contributed by atoms with Gasteiger partial charge < -0.3 is 0 Å². The first-order valence-electron chi connectivity index (χ1n) is 2.49. The summed E-state index contributed by atoms with van der Waals surface area (Å²) in [4.78, 5) is 1.99. The summed E-state index contributed by atoms with van der Waals surface area (Å²) < 4.78 is 0. The first kappa shape index (κ1) is 11.8. The molecule has 1 nitrogen and oxygen atoms in total. The molecule has 0 radical (unpaired) electrons. The van der Waals surface area contributed by atoms with Gasteiger partial charge in [-0.25, -0.2) is 0 Å². The van der Waals surface area contributed by atoms with Gasteiger partial charge in [-0.2, -0.15) is 0 Å². The summed E-state index contributed by atoms with van der Waals surface area (Å²) in [6.45, 7) is 2.07. The van der Waals surface area contributed by atoms with Gasteiger partial charge in [-0.05, 0) is 20.5 Å². The Morgan fingerprint density at radius 3 is 1.88 bits per heavy atom. The second-order valence-electron chi connectivity index (χ2n) is 1.81. The predicted octanol–water partition coefficient (Wildman–Crippen LogP) is 0.607. The predicted molar refractivity (Wildman–Crippen MR) is 42.2 cm³/mol. The number of rotatable bonds is 2. The van der Waals surface area contributed by atoms with Crippen molar-refractivity contribution in [1.82, 2.24) is 4.90 Å². The molecule has 0 saturated carbocycles. The van der Waals surface area contributed by atoms with Crippen LogP contribution in [0.25, 0.3) is 0 Å². The van der Waals surface area contributed by atoms with E-state index in [2.05, 4.69) is 6.92 Å². The molecule has 0 N–H and O–H groups in total. The molecule has 0 saturated heterocycles. The van der Waals surface area contributed by atoms with Crippen molar-refractivity contribution in [3.05, 3.63) is 0 Å². The Bertz CT molecular complexity index is 49.7. The van der Waals surface area contributed by atoms with Gasteiger partial charge in [-0.1, -0.05) is 6.92 Å². The maximum Gasteiger partial charge on any atom is 0.316 e. The average Bonchev–Trinajstić information content (AvgIpc) is 1.65. The van der Waals surface area contributed by atoms with Gasteiger partial charge in [0, 0.05) is 0 Å². The van der Waals surface area contributed by atoms with E-state index in [1.165, 1.54) is 0 Å². The standard InChI is InChI=1S/C5H12ClN.Mg.2H/c1-4-5(6)7(2)3;;;/h5H,4H2,1-3H3;;;. The lowest BCUT2D eigenvalue weighted by Gasteiger charge is -2.13. The van der Waals surface area contributed by atoms with E-state index in [0.29, 0.717) is 0 Å². The molecule has 0 aliphatic heterocycles. The van der Waals surface area contributed by atoms with Gasteiger partial charge in [0.15, 0.2) is 0 Å². The minimum atomic E-state index is 0. The second kappa shape index (κ2) is 6.14. The maximum absolute atomic E-state index is 5.73. The molecule has 0 aromatic carbocycles. The molecule has 0 bridgehead atoms. The van der Waals surface area contributed by atoms with E-state index in [9.17, 15) is 0 Å². The second-order valence-corrected chi connectivity index (χ2v) is 2.31. The Kier molecular flexibility index (Phi) is 9.03. The minimum Gasteiger partial charge on any atom is -0.294 e. The Morgan fingerprint density at radius 1 is 1.50 bits per heavy atom. The number of hydrogen-bond acceptors (Lipinski definition) is 1. The van der Waals surface area contributed by atoms with Crippen LogP contribution in [0.3, 0.4) is 0 Å². The van der Waals surface area contributed by atoms with E-state index in [-0.39, 0.29) is 28.6 Å². The molecule has 0 fully saturated rings. The van der Waals surface area contributed by atoms with Crippen LogP contribution in [0, 0.1) is 0 Å². The van der Waals surface area contributed by atoms with E-state index in [1.54, 1.807) is 0 Å². The molecule has 1 atom stereocenters. The highest BCUT2D eigenvalue weighted by atomic mass is 35.5. The lowest BCUT2D eigenvalue weighted by Crippen LogP contribution is -2.20. The molecular formula is C5H14ClMgN. The summed E-state index contributed by atoms with van der Waals surface area (Å²) in [6, 6.07) is 0. The normalized spacial score (nSPS) is 13.1. The van der Waals surface area contributed by atoms with Crippen LogP contribution in [-0.2, 0) is 0 Å². The fourth-order valence-corrected chi connectivity index (χ4v) is 0.365. The highest BCUT2D eigenvalue weighted by molar-refractivity contribution is 6.20. The molecule has 0 heterocycles. The maximum atomic E-state index is 5.73. The fourth-order valence-electron chi connectivity index (χ4n) is 0.365. The van der Waals surface area contributed by atoms with Crippen LogP contribution in [-0.4, -0.2) is 47.5 Å². The van der Waals surface area contributed by atoms with Crippen LogP contribution in [0.1, 0.15) is 13.3 Å². The number of halogens is 1. The first-order chi connectivity index (χ1) is 3.18. The van der Waals surface area contributed by atoms with Crippen molar-refractivity contribution in [2.24, 2.45) is 0 Å². The van der Waals surface area contributed by atoms with Crippen LogP contribution in [0.2, 0.25) is 0 Å². The molecule has 0 amide bonds. The molecule has 0 aromatic heterocycles. The molecule has 0 aliphatic rings. The third-order valence-corrected chi connectivity index (χ3v) is 1.60. The monoisotopic (exact) mass is 147 g/mol. The van der Waals surface area contributed by atoms with Crippen LogP contribution >= 0.6 is 11.6 Å². The van der Waals surface area contributed by atoms with Crippen molar-refractivity contribution in [1.29, 1.82) is 0 Å². The largest absolute Gasteiger partial charge is 0.316 e. The van der Waals surface area contributed by atoms with Crippen molar-refractivity contribution in [2.75, 3.05) is 14.1 Å². The summed E-state index contributed by atoms with van der Waals surface area (Å²) >= 11 is 5.73. The zero-order valence-corrected chi connectivity index (χ0v) is 5.87. The molecule has 0 aromatic rings. The van der Waals surface area contributed by atoms with E-state index in [0.717, 1.165) is 6.42 Å². The van der Waals surface area contributed by atoms with Crippen LogP contribution in [0.15, 0.2) is 0 Å². The van der Waals surface area contributed by atoms with Crippen LogP contribution < -0.4 is 0 Å². The smallest absolute Gasteiger partial charge is 0.294 e. The third-order valence-electron chi connectivity index (χ3n) is 0.897. The van der Waals surface area contributed by atoms with Gasteiger partial charge in [0.05, 0.1) is 5.50 Å². The van der Waals surface area contributed by atoms with Crippen molar-refractivity contribution in [3.8, 4) is 0 Å². The number of nitrogens with zero attached hydrogens (tertiary/aromatic N) is 1. The fraction of sp³-hybridized carbons (Fsp3) is 1.00. The number of hydrogen-bond donors (Lipinski definition) is 0. The summed E-state index contributed by atoms with van der Waals surface area (Å²) in [5.41, 5.74) is 0.208. The zero-order valence-electron chi connectivity index (χ0n) is 5.11. The van der Waals surface area contributed by atoms with E-state index in [4.69, 9.17) is 11.6 Å². The van der Waals surface area contributed by atoms with Gasteiger partial charge in [0.25, 0.3) is 0 Å². The summed E-state index contributed by atoms with van der Waals surface area (Å²) in [5.74, 6) is 0. The van der Waals surface area contributed by atoms with E-state index >= 15 is 0 Å². The molecule has 1 unspecified atom stereocenters. The summed E-state index contributed by atoms with van der Waals surface area (Å²) in [7, 11) is 3.95. The lowest BCUT2D eigenvalue weighted by molar-refractivity contribution is 0.369. The highest BCUT2D eigenvalue weighted by Crippen LogP contribution is 2.01. The molecular weight excluding hydrogens is 134 g/mol. The van der Waals surface area contributed by atoms with Crippen molar-refractivity contribution >= 4 is 34.7 Å².